The summed E-state index contributed by atoms with van der Waals surface area (Å²) in [6, 6.07) is 7.17. The highest BCUT2D eigenvalue weighted by Gasteiger charge is 2.16. The van der Waals surface area contributed by atoms with Crippen molar-refractivity contribution in [2.24, 2.45) is 0 Å². The molecule has 0 aliphatic heterocycles. The van der Waals surface area contributed by atoms with Crippen molar-refractivity contribution in [3.63, 3.8) is 0 Å². The molecule has 2 aromatic rings. The third kappa shape index (κ3) is 2.71. The van der Waals surface area contributed by atoms with Crippen molar-refractivity contribution in [1.29, 1.82) is 0 Å². The summed E-state index contributed by atoms with van der Waals surface area (Å²) in [5.74, 6) is 0. The minimum atomic E-state index is -0.358. The Balaban J connectivity index is 1.77. The molecule has 0 saturated heterocycles. The SMILES string of the molecule is O=[N+]([O-])c1ccc(Br)cc1NCc1cc2c(s1)CCC2. The van der Waals surface area contributed by atoms with Gasteiger partial charge in [-0.1, -0.05) is 15.9 Å². The largest absolute Gasteiger partial charge is 0.375 e. The average molecular weight is 353 g/mol. The number of rotatable bonds is 4. The molecule has 0 atom stereocenters. The third-order valence-electron chi connectivity index (χ3n) is 3.41. The van der Waals surface area contributed by atoms with E-state index in [-0.39, 0.29) is 10.6 Å². The Labute approximate surface area is 129 Å². The first kappa shape index (κ1) is 13.6. The van der Waals surface area contributed by atoms with Crippen LogP contribution in [0.1, 0.15) is 21.7 Å². The van der Waals surface area contributed by atoms with Crippen LogP contribution in [0, 0.1) is 10.1 Å². The van der Waals surface area contributed by atoms with E-state index in [1.165, 1.54) is 40.6 Å². The molecule has 6 heteroatoms. The quantitative estimate of drug-likeness (QED) is 0.650. The molecular formula is C14H13BrN2O2S. The van der Waals surface area contributed by atoms with Crippen molar-refractivity contribution in [1.82, 2.24) is 0 Å². The first-order chi connectivity index (χ1) is 9.63. The van der Waals surface area contributed by atoms with E-state index in [0.29, 0.717) is 12.2 Å². The standard InChI is InChI=1S/C14H13BrN2O2S/c15-10-4-5-13(17(18)19)12(7-10)16-8-11-6-9-2-1-3-14(9)20-11/h4-7,16H,1-3,8H2. The fourth-order valence-corrected chi connectivity index (χ4v) is 4.03. The number of thiophene rings is 1. The lowest BCUT2D eigenvalue weighted by Crippen LogP contribution is -2.01. The molecule has 1 aliphatic carbocycles. The molecule has 1 aliphatic rings. The molecule has 1 aromatic heterocycles. The number of nitro benzene ring substituents is 1. The van der Waals surface area contributed by atoms with Crippen molar-refractivity contribution >= 4 is 38.6 Å². The number of benzene rings is 1. The van der Waals surface area contributed by atoms with E-state index in [2.05, 4.69) is 27.3 Å². The van der Waals surface area contributed by atoms with Gasteiger partial charge in [0.05, 0.1) is 4.92 Å². The van der Waals surface area contributed by atoms with Gasteiger partial charge in [0.1, 0.15) is 5.69 Å². The van der Waals surface area contributed by atoms with Crippen molar-refractivity contribution in [3.05, 3.63) is 54.2 Å². The predicted molar refractivity (Wildman–Crippen MR) is 84.5 cm³/mol. The minimum absolute atomic E-state index is 0.109. The van der Waals surface area contributed by atoms with E-state index >= 15 is 0 Å². The molecule has 0 bridgehead atoms. The molecule has 3 rings (SSSR count). The Bertz CT molecular complexity index is 648. The second-order valence-electron chi connectivity index (χ2n) is 4.79. The zero-order chi connectivity index (χ0) is 14.1. The Morgan fingerprint density at radius 1 is 1.35 bits per heavy atom. The maximum atomic E-state index is 11.0. The lowest BCUT2D eigenvalue weighted by molar-refractivity contribution is -0.384. The van der Waals surface area contributed by atoms with Crippen LogP contribution in [0.2, 0.25) is 0 Å². The number of nitro groups is 1. The molecule has 1 heterocycles. The molecule has 1 N–H and O–H groups in total. The number of hydrogen-bond donors (Lipinski definition) is 1. The molecule has 0 amide bonds. The van der Waals surface area contributed by atoms with Crippen molar-refractivity contribution in [2.45, 2.75) is 25.8 Å². The average Bonchev–Trinajstić information content (AvgIpc) is 2.96. The third-order valence-corrected chi connectivity index (χ3v) is 5.14. The van der Waals surface area contributed by atoms with E-state index in [0.717, 1.165) is 4.47 Å². The van der Waals surface area contributed by atoms with E-state index in [1.807, 2.05) is 11.3 Å². The van der Waals surface area contributed by atoms with Gasteiger partial charge in [0, 0.05) is 26.8 Å². The summed E-state index contributed by atoms with van der Waals surface area (Å²) in [6.07, 6.45) is 3.60. The van der Waals surface area contributed by atoms with Crippen LogP contribution in [0.3, 0.4) is 0 Å². The zero-order valence-corrected chi connectivity index (χ0v) is 13.1. The summed E-state index contributed by atoms with van der Waals surface area (Å²) in [4.78, 5) is 13.4. The highest BCUT2D eigenvalue weighted by Crippen LogP contribution is 2.32. The van der Waals surface area contributed by atoms with Crippen LogP contribution >= 0.6 is 27.3 Å². The second kappa shape index (κ2) is 5.54. The lowest BCUT2D eigenvalue weighted by Gasteiger charge is -2.06. The fraction of sp³-hybridized carbons (Fsp3) is 0.286. The molecule has 20 heavy (non-hydrogen) atoms. The van der Waals surface area contributed by atoms with E-state index in [1.54, 1.807) is 12.1 Å². The summed E-state index contributed by atoms with van der Waals surface area (Å²) in [5.41, 5.74) is 2.12. The fourth-order valence-electron chi connectivity index (χ4n) is 2.47. The first-order valence-electron chi connectivity index (χ1n) is 6.42. The van der Waals surface area contributed by atoms with E-state index in [9.17, 15) is 10.1 Å². The summed E-state index contributed by atoms with van der Waals surface area (Å²) < 4.78 is 0.833. The Morgan fingerprint density at radius 2 is 2.20 bits per heavy atom. The summed E-state index contributed by atoms with van der Waals surface area (Å²) in [5, 5.41) is 14.2. The molecule has 0 saturated carbocycles. The number of fused-ring (bicyclic) bond motifs is 1. The van der Waals surface area contributed by atoms with Gasteiger partial charge < -0.3 is 5.32 Å². The van der Waals surface area contributed by atoms with Gasteiger partial charge in [-0.05, 0) is 43.0 Å². The molecule has 4 nitrogen and oxygen atoms in total. The van der Waals surface area contributed by atoms with Crippen LogP contribution in [-0.4, -0.2) is 4.92 Å². The summed E-state index contributed by atoms with van der Waals surface area (Å²) >= 11 is 5.16. The molecule has 0 fully saturated rings. The van der Waals surface area contributed by atoms with Crippen molar-refractivity contribution in [2.75, 3.05) is 5.32 Å². The van der Waals surface area contributed by atoms with Crippen molar-refractivity contribution < 1.29 is 4.92 Å². The summed E-state index contributed by atoms with van der Waals surface area (Å²) in [7, 11) is 0. The smallest absolute Gasteiger partial charge is 0.292 e. The van der Waals surface area contributed by atoms with Crippen LogP contribution in [0.4, 0.5) is 11.4 Å². The van der Waals surface area contributed by atoms with Gasteiger partial charge in [0.25, 0.3) is 5.69 Å². The number of nitrogens with one attached hydrogen (secondary N) is 1. The molecule has 0 unspecified atom stereocenters. The van der Waals surface area contributed by atoms with Crippen LogP contribution in [-0.2, 0) is 19.4 Å². The monoisotopic (exact) mass is 352 g/mol. The van der Waals surface area contributed by atoms with Crippen LogP contribution in [0.5, 0.6) is 0 Å². The van der Waals surface area contributed by atoms with Gasteiger partial charge in [-0.15, -0.1) is 11.3 Å². The second-order valence-corrected chi connectivity index (χ2v) is 6.92. The highest BCUT2D eigenvalue weighted by atomic mass is 79.9. The molecule has 0 radical (unpaired) electrons. The van der Waals surface area contributed by atoms with E-state index < -0.39 is 0 Å². The van der Waals surface area contributed by atoms with Crippen LogP contribution < -0.4 is 5.32 Å². The normalized spacial score (nSPS) is 13.2. The molecular weight excluding hydrogens is 340 g/mol. The Morgan fingerprint density at radius 3 is 2.95 bits per heavy atom. The Kier molecular flexibility index (Phi) is 3.76. The molecule has 1 aromatic carbocycles. The Hall–Kier alpha value is -1.40. The number of aryl methyl sites for hydroxylation is 2. The van der Waals surface area contributed by atoms with Gasteiger partial charge >= 0.3 is 0 Å². The first-order valence-corrected chi connectivity index (χ1v) is 8.03. The minimum Gasteiger partial charge on any atom is -0.375 e. The number of halogens is 1. The van der Waals surface area contributed by atoms with Gasteiger partial charge in [-0.3, -0.25) is 10.1 Å². The van der Waals surface area contributed by atoms with Crippen LogP contribution in [0.25, 0.3) is 0 Å². The maximum absolute atomic E-state index is 11.0. The number of hydrogen-bond acceptors (Lipinski definition) is 4. The molecule has 104 valence electrons. The zero-order valence-electron chi connectivity index (χ0n) is 10.7. The maximum Gasteiger partial charge on any atom is 0.292 e. The number of anilines is 1. The van der Waals surface area contributed by atoms with E-state index in [4.69, 9.17) is 0 Å². The summed E-state index contributed by atoms with van der Waals surface area (Å²) in [6.45, 7) is 0.634. The lowest BCUT2D eigenvalue weighted by atomic mass is 10.2. The highest BCUT2D eigenvalue weighted by molar-refractivity contribution is 9.10. The molecule has 0 spiro atoms. The predicted octanol–water partition coefficient (Wildman–Crippen LogP) is 4.52. The van der Waals surface area contributed by atoms with Crippen molar-refractivity contribution in [3.8, 4) is 0 Å². The van der Waals surface area contributed by atoms with Gasteiger partial charge in [-0.2, -0.15) is 0 Å². The van der Waals surface area contributed by atoms with Gasteiger partial charge in [0.2, 0.25) is 0 Å². The number of nitrogens with zero attached hydrogens (tertiary/aromatic N) is 1. The van der Waals surface area contributed by atoms with Crippen LogP contribution in [0.15, 0.2) is 28.7 Å². The topological polar surface area (TPSA) is 55.2 Å². The van der Waals surface area contributed by atoms with Gasteiger partial charge in [0.15, 0.2) is 0 Å². The van der Waals surface area contributed by atoms with Gasteiger partial charge in [-0.25, -0.2) is 0 Å².